The number of halogens is 1. The molecule has 2 aromatic carbocycles. The first kappa shape index (κ1) is 19.1. The molecule has 2 aliphatic rings. The SMILES string of the molecule is CC1=C(C(=O)Nc2ccccc2C)C(c2ccc(F)cc2)C2=C(CCCC2=O)N1. The molecule has 4 nitrogen and oxygen atoms in total. The molecule has 1 heterocycles. The van der Waals surface area contributed by atoms with E-state index in [4.69, 9.17) is 0 Å². The van der Waals surface area contributed by atoms with E-state index in [9.17, 15) is 14.0 Å². The number of benzene rings is 2. The fourth-order valence-corrected chi connectivity index (χ4v) is 4.18. The fraction of sp³-hybridized carbons (Fsp3) is 0.250. The third-order valence-electron chi connectivity index (χ3n) is 5.62. The second-order valence-electron chi connectivity index (χ2n) is 7.59. The molecule has 1 aliphatic heterocycles. The highest BCUT2D eigenvalue weighted by Crippen LogP contribution is 2.42. The van der Waals surface area contributed by atoms with Crippen LogP contribution in [-0.2, 0) is 9.59 Å². The molecule has 0 fully saturated rings. The van der Waals surface area contributed by atoms with Crippen molar-refractivity contribution in [3.05, 3.63) is 88.0 Å². The van der Waals surface area contributed by atoms with Gasteiger partial charge in [-0.05, 0) is 56.0 Å². The average Bonchev–Trinajstić information content (AvgIpc) is 2.69. The van der Waals surface area contributed by atoms with Crippen LogP contribution >= 0.6 is 0 Å². The summed E-state index contributed by atoms with van der Waals surface area (Å²) >= 11 is 0. The van der Waals surface area contributed by atoms with Gasteiger partial charge < -0.3 is 10.6 Å². The van der Waals surface area contributed by atoms with Gasteiger partial charge in [0.15, 0.2) is 5.78 Å². The number of aryl methyl sites for hydroxylation is 1. The van der Waals surface area contributed by atoms with Crippen molar-refractivity contribution < 1.29 is 14.0 Å². The third-order valence-corrected chi connectivity index (χ3v) is 5.62. The summed E-state index contributed by atoms with van der Waals surface area (Å²) in [5, 5.41) is 6.28. The number of amides is 1. The maximum absolute atomic E-state index is 13.5. The lowest BCUT2D eigenvalue weighted by Crippen LogP contribution is -2.35. The highest BCUT2D eigenvalue weighted by Gasteiger charge is 2.38. The van der Waals surface area contributed by atoms with Crippen LogP contribution in [0.3, 0.4) is 0 Å². The number of Topliss-reactive ketones (excluding diaryl/α,β-unsaturated/α-hetero) is 1. The minimum absolute atomic E-state index is 0.0433. The van der Waals surface area contributed by atoms with Crippen LogP contribution in [0.25, 0.3) is 0 Å². The van der Waals surface area contributed by atoms with Crippen molar-refractivity contribution in [3.63, 3.8) is 0 Å². The predicted molar refractivity (Wildman–Crippen MR) is 111 cm³/mol. The maximum Gasteiger partial charge on any atom is 0.254 e. The Morgan fingerprint density at radius 1 is 1.07 bits per heavy atom. The molecule has 1 amide bonds. The van der Waals surface area contributed by atoms with Crippen LogP contribution in [0, 0.1) is 12.7 Å². The number of nitrogens with one attached hydrogen (secondary N) is 2. The predicted octanol–water partition coefficient (Wildman–Crippen LogP) is 4.74. The molecule has 1 atom stereocenters. The number of para-hydroxylation sites is 1. The second kappa shape index (κ2) is 7.66. The van der Waals surface area contributed by atoms with E-state index < -0.39 is 5.92 Å². The van der Waals surface area contributed by atoms with Gasteiger partial charge in [0.25, 0.3) is 5.91 Å². The number of ketones is 1. The van der Waals surface area contributed by atoms with E-state index in [2.05, 4.69) is 10.6 Å². The molecule has 2 aromatic rings. The molecule has 148 valence electrons. The van der Waals surface area contributed by atoms with Gasteiger partial charge in [0, 0.05) is 40.6 Å². The molecule has 0 saturated carbocycles. The maximum atomic E-state index is 13.5. The van der Waals surface area contributed by atoms with Crippen molar-refractivity contribution in [2.75, 3.05) is 5.32 Å². The highest BCUT2D eigenvalue weighted by molar-refractivity contribution is 6.10. The zero-order chi connectivity index (χ0) is 20.5. The molecule has 0 spiro atoms. The molecule has 0 saturated heterocycles. The number of dihydropyridines is 1. The molecular formula is C24H23FN2O2. The second-order valence-corrected chi connectivity index (χ2v) is 7.59. The number of carbonyl (C=O) groups excluding carboxylic acids is 2. The Labute approximate surface area is 169 Å². The number of rotatable bonds is 3. The van der Waals surface area contributed by atoms with Crippen LogP contribution in [0.4, 0.5) is 10.1 Å². The molecule has 0 radical (unpaired) electrons. The van der Waals surface area contributed by atoms with E-state index in [1.807, 2.05) is 38.1 Å². The minimum atomic E-state index is -0.510. The Balaban J connectivity index is 1.79. The summed E-state index contributed by atoms with van der Waals surface area (Å²) in [5.74, 6) is -1.08. The lowest BCUT2D eigenvalue weighted by Gasteiger charge is -2.34. The summed E-state index contributed by atoms with van der Waals surface area (Å²) in [5.41, 5.74) is 5.14. The Bertz CT molecular complexity index is 1050. The van der Waals surface area contributed by atoms with Gasteiger partial charge in [-0.1, -0.05) is 30.3 Å². The van der Waals surface area contributed by atoms with Gasteiger partial charge in [-0.25, -0.2) is 4.39 Å². The summed E-state index contributed by atoms with van der Waals surface area (Å²) in [4.78, 5) is 26.2. The number of hydrogen-bond acceptors (Lipinski definition) is 3. The molecule has 2 N–H and O–H groups in total. The Hall–Kier alpha value is -3.21. The smallest absolute Gasteiger partial charge is 0.254 e. The van der Waals surface area contributed by atoms with E-state index >= 15 is 0 Å². The molecule has 1 unspecified atom stereocenters. The van der Waals surface area contributed by atoms with Gasteiger partial charge in [0.1, 0.15) is 5.82 Å². The van der Waals surface area contributed by atoms with Gasteiger partial charge >= 0.3 is 0 Å². The van der Waals surface area contributed by atoms with Crippen molar-refractivity contribution in [2.45, 2.75) is 39.0 Å². The van der Waals surface area contributed by atoms with Crippen LogP contribution in [-0.4, -0.2) is 11.7 Å². The van der Waals surface area contributed by atoms with E-state index in [0.717, 1.165) is 41.1 Å². The Kier molecular flexibility index (Phi) is 5.05. The van der Waals surface area contributed by atoms with E-state index in [-0.39, 0.29) is 17.5 Å². The summed E-state index contributed by atoms with van der Waals surface area (Å²) in [7, 11) is 0. The number of allylic oxidation sites excluding steroid dienone is 3. The van der Waals surface area contributed by atoms with Gasteiger partial charge in [-0.2, -0.15) is 0 Å². The molecule has 29 heavy (non-hydrogen) atoms. The first-order chi connectivity index (χ1) is 14.0. The van der Waals surface area contributed by atoms with Gasteiger partial charge in [0.05, 0.1) is 0 Å². The van der Waals surface area contributed by atoms with Gasteiger partial charge in [-0.3, -0.25) is 9.59 Å². The summed E-state index contributed by atoms with van der Waals surface area (Å²) in [6.07, 6.45) is 2.02. The number of hydrogen-bond donors (Lipinski definition) is 2. The van der Waals surface area contributed by atoms with E-state index in [1.54, 1.807) is 12.1 Å². The molecule has 4 rings (SSSR count). The topological polar surface area (TPSA) is 58.2 Å². The fourth-order valence-electron chi connectivity index (χ4n) is 4.18. The molecule has 0 bridgehead atoms. The van der Waals surface area contributed by atoms with Crippen LogP contribution in [0.15, 0.2) is 71.1 Å². The zero-order valence-electron chi connectivity index (χ0n) is 16.5. The minimum Gasteiger partial charge on any atom is -0.362 e. The van der Waals surface area contributed by atoms with E-state index in [0.29, 0.717) is 17.6 Å². The van der Waals surface area contributed by atoms with Crippen molar-refractivity contribution >= 4 is 17.4 Å². The largest absolute Gasteiger partial charge is 0.362 e. The zero-order valence-corrected chi connectivity index (χ0v) is 16.5. The summed E-state index contributed by atoms with van der Waals surface area (Å²) < 4.78 is 13.5. The first-order valence-corrected chi connectivity index (χ1v) is 9.82. The lowest BCUT2D eigenvalue weighted by molar-refractivity contribution is -0.116. The van der Waals surface area contributed by atoms with Crippen LogP contribution in [0.1, 0.15) is 43.2 Å². The Morgan fingerprint density at radius 2 is 1.79 bits per heavy atom. The Morgan fingerprint density at radius 3 is 2.52 bits per heavy atom. The summed E-state index contributed by atoms with van der Waals surface area (Å²) in [6.45, 7) is 3.78. The molecule has 1 aliphatic carbocycles. The average molecular weight is 390 g/mol. The van der Waals surface area contributed by atoms with Crippen molar-refractivity contribution in [1.29, 1.82) is 0 Å². The monoisotopic (exact) mass is 390 g/mol. The third kappa shape index (κ3) is 3.60. The van der Waals surface area contributed by atoms with Gasteiger partial charge in [0.2, 0.25) is 0 Å². The highest BCUT2D eigenvalue weighted by atomic mass is 19.1. The van der Waals surface area contributed by atoms with Crippen LogP contribution < -0.4 is 10.6 Å². The first-order valence-electron chi connectivity index (χ1n) is 9.82. The van der Waals surface area contributed by atoms with Crippen molar-refractivity contribution in [3.8, 4) is 0 Å². The molecule has 0 aromatic heterocycles. The quantitative estimate of drug-likeness (QED) is 0.796. The summed E-state index contributed by atoms with van der Waals surface area (Å²) in [6, 6.07) is 13.6. The normalized spacial score (nSPS) is 19.0. The molecular weight excluding hydrogens is 367 g/mol. The van der Waals surface area contributed by atoms with E-state index in [1.165, 1.54) is 12.1 Å². The van der Waals surface area contributed by atoms with Crippen LogP contribution in [0.5, 0.6) is 0 Å². The standard InChI is InChI=1S/C24H23FN2O2/c1-14-6-3-4-7-18(14)27-24(29)21-15(2)26-19-8-5-9-20(28)23(19)22(21)16-10-12-17(25)13-11-16/h3-4,6-7,10-13,22,26H,5,8-9H2,1-2H3,(H,27,29). The van der Waals surface area contributed by atoms with Gasteiger partial charge in [-0.15, -0.1) is 0 Å². The number of carbonyl (C=O) groups is 2. The number of anilines is 1. The lowest BCUT2D eigenvalue weighted by atomic mass is 9.75. The van der Waals surface area contributed by atoms with Crippen molar-refractivity contribution in [2.24, 2.45) is 0 Å². The van der Waals surface area contributed by atoms with Crippen molar-refractivity contribution in [1.82, 2.24) is 5.32 Å². The van der Waals surface area contributed by atoms with Crippen LogP contribution in [0.2, 0.25) is 0 Å². The molecule has 5 heteroatoms.